The highest BCUT2D eigenvalue weighted by Crippen LogP contribution is 2.20. The zero-order chi connectivity index (χ0) is 9.64. The van der Waals surface area contributed by atoms with E-state index in [1.54, 1.807) is 11.1 Å². The van der Waals surface area contributed by atoms with Gasteiger partial charge >= 0.3 is 0 Å². The van der Waals surface area contributed by atoms with E-state index in [4.69, 9.17) is 9.47 Å². The van der Waals surface area contributed by atoms with Crippen LogP contribution in [0.25, 0.3) is 0 Å². The SMILES string of the molecule is C1COCCO1.c1ccc2c(c1)CC2. The standard InChI is InChI=1S/C8H8.C4H8O2/c1-2-4-8-6-5-7(8)3-1;1-2-6-4-3-5-1/h1-4H,5-6H2;1-4H2. The molecular weight excluding hydrogens is 176 g/mol. The lowest BCUT2D eigenvalue weighted by molar-refractivity contribution is -0.0334. The van der Waals surface area contributed by atoms with E-state index in [1.165, 1.54) is 12.8 Å². The summed E-state index contributed by atoms with van der Waals surface area (Å²) in [6, 6.07) is 8.63. The molecule has 0 saturated carbocycles. The van der Waals surface area contributed by atoms with Crippen molar-refractivity contribution in [1.82, 2.24) is 0 Å². The van der Waals surface area contributed by atoms with Crippen molar-refractivity contribution < 1.29 is 9.47 Å². The number of fused-ring (bicyclic) bond motifs is 1. The molecule has 76 valence electrons. The molecular formula is C12H16O2. The quantitative estimate of drug-likeness (QED) is 0.624. The van der Waals surface area contributed by atoms with Crippen molar-refractivity contribution >= 4 is 0 Å². The van der Waals surface area contributed by atoms with E-state index >= 15 is 0 Å². The normalized spacial score (nSPS) is 18.6. The summed E-state index contributed by atoms with van der Waals surface area (Å²) in [7, 11) is 0. The smallest absolute Gasteiger partial charge is 0.0701 e. The third kappa shape index (κ3) is 2.56. The Labute approximate surface area is 84.8 Å². The summed E-state index contributed by atoms with van der Waals surface area (Å²) in [6.45, 7) is 3.11. The van der Waals surface area contributed by atoms with Gasteiger partial charge in [-0.2, -0.15) is 0 Å². The minimum absolute atomic E-state index is 0.778. The molecule has 1 fully saturated rings. The molecule has 0 amide bonds. The highest BCUT2D eigenvalue weighted by atomic mass is 16.6. The summed E-state index contributed by atoms with van der Waals surface area (Å²) in [6.07, 6.45) is 2.60. The molecule has 2 nitrogen and oxygen atoms in total. The Morgan fingerprint density at radius 1 is 0.714 bits per heavy atom. The molecule has 1 aliphatic heterocycles. The predicted molar refractivity (Wildman–Crippen MR) is 55.5 cm³/mol. The first-order chi connectivity index (χ1) is 6.97. The highest BCUT2D eigenvalue weighted by molar-refractivity contribution is 5.34. The number of hydrogen-bond donors (Lipinski definition) is 0. The first kappa shape index (κ1) is 9.69. The fraction of sp³-hybridized carbons (Fsp3) is 0.500. The molecule has 1 saturated heterocycles. The van der Waals surface area contributed by atoms with Crippen molar-refractivity contribution in [3.05, 3.63) is 35.4 Å². The largest absolute Gasteiger partial charge is 0.377 e. The lowest BCUT2D eigenvalue weighted by Crippen LogP contribution is -2.16. The number of rotatable bonds is 0. The van der Waals surface area contributed by atoms with Crippen LogP contribution in [0.4, 0.5) is 0 Å². The maximum Gasteiger partial charge on any atom is 0.0701 e. The van der Waals surface area contributed by atoms with Crippen LogP contribution in [0.1, 0.15) is 11.1 Å². The predicted octanol–water partition coefficient (Wildman–Crippen LogP) is 1.82. The van der Waals surface area contributed by atoms with Crippen molar-refractivity contribution in [3.8, 4) is 0 Å². The second-order valence-corrected chi connectivity index (χ2v) is 3.49. The van der Waals surface area contributed by atoms with Gasteiger partial charge in [0.25, 0.3) is 0 Å². The van der Waals surface area contributed by atoms with Crippen molar-refractivity contribution in [2.24, 2.45) is 0 Å². The Balaban J connectivity index is 0.000000112. The number of ether oxygens (including phenoxy) is 2. The second-order valence-electron chi connectivity index (χ2n) is 3.49. The van der Waals surface area contributed by atoms with E-state index in [1.807, 2.05) is 0 Å². The van der Waals surface area contributed by atoms with E-state index in [0.29, 0.717) is 0 Å². The van der Waals surface area contributed by atoms with Gasteiger partial charge in [-0.05, 0) is 24.0 Å². The molecule has 3 rings (SSSR count). The molecule has 2 aliphatic rings. The van der Waals surface area contributed by atoms with E-state index in [9.17, 15) is 0 Å². The third-order valence-corrected chi connectivity index (χ3v) is 2.53. The Kier molecular flexibility index (Phi) is 3.55. The van der Waals surface area contributed by atoms with Gasteiger partial charge in [-0.3, -0.25) is 0 Å². The van der Waals surface area contributed by atoms with Gasteiger partial charge in [0.15, 0.2) is 0 Å². The van der Waals surface area contributed by atoms with Crippen LogP contribution < -0.4 is 0 Å². The molecule has 0 radical (unpaired) electrons. The summed E-state index contributed by atoms with van der Waals surface area (Å²) in [4.78, 5) is 0. The summed E-state index contributed by atoms with van der Waals surface area (Å²) >= 11 is 0. The maximum atomic E-state index is 4.94. The number of aryl methyl sites for hydroxylation is 2. The van der Waals surface area contributed by atoms with Crippen LogP contribution in [0.2, 0.25) is 0 Å². The van der Waals surface area contributed by atoms with Gasteiger partial charge in [0.2, 0.25) is 0 Å². The van der Waals surface area contributed by atoms with E-state index in [0.717, 1.165) is 26.4 Å². The van der Waals surface area contributed by atoms with Crippen LogP contribution in [0.5, 0.6) is 0 Å². The molecule has 0 atom stereocenters. The minimum Gasteiger partial charge on any atom is -0.377 e. The van der Waals surface area contributed by atoms with Gasteiger partial charge in [-0.1, -0.05) is 24.3 Å². The van der Waals surface area contributed by atoms with Crippen LogP contribution in [0.15, 0.2) is 24.3 Å². The van der Waals surface area contributed by atoms with E-state index in [2.05, 4.69) is 24.3 Å². The molecule has 2 heteroatoms. The van der Waals surface area contributed by atoms with Gasteiger partial charge in [-0.15, -0.1) is 0 Å². The van der Waals surface area contributed by atoms with Crippen LogP contribution in [0.3, 0.4) is 0 Å². The number of hydrogen-bond acceptors (Lipinski definition) is 2. The average Bonchev–Trinajstić information content (AvgIpc) is 2.24. The van der Waals surface area contributed by atoms with Crippen molar-refractivity contribution in [3.63, 3.8) is 0 Å². The highest BCUT2D eigenvalue weighted by Gasteiger charge is 2.09. The zero-order valence-electron chi connectivity index (χ0n) is 8.37. The van der Waals surface area contributed by atoms with Crippen LogP contribution in [0, 0.1) is 0 Å². The lowest BCUT2D eigenvalue weighted by atomic mass is 9.89. The van der Waals surface area contributed by atoms with Gasteiger partial charge in [0.1, 0.15) is 0 Å². The molecule has 0 spiro atoms. The van der Waals surface area contributed by atoms with Crippen molar-refractivity contribution in [2.45, 2.75) is 12.8 Å². The van der Waals surface area contributed by atoms with E-state index < -0.39 is 0 Å². The third-order valence-electron chi connectivity index (χ3n) is 2.53. The lowest BCUT2D eigenvalue weighted by Gasteiger charge is -2.16. The summed E-state index contributed by atoms with van der Waals surface area (Å²) in [5, 5.41) is 0. The molecule has 0 bridgehead atoms. The molecule has 1 aromatic carbocycles. The fourth-order valence-electron chi connectivity index (χ4n) is 1.58. The molecule has 14 heavy (non-hydrogen) atoms. The monoisotopic (exact) mass is 192 g/mol. The van der Waals surface area contributed by atoms with E-state index in [-0.39, 0.29) is 0 Å². The van der Waals surface area contributed by atoms with Crippen LogP contribution in [-0.4, -0.2) is 26.4 Å². The summed E-state index contributed by atoms with van der Waals surface area (Å²) in [5.41, 5.74) is 3.10. The Morgan fingerprint density at radius 3 is 1.36 bits per heavy atom. The molecule has 1 heterocycles. The average molecular weight is 192 g/mol. The maximum absolute atomic E-state index is 4.94. The van der Waals surface area contributed by atoms with Crippen molar-refractivity contribution in [1.29, 1.82) is 0 Å². The zero-order valence-corrected chi connectivity index (χ0v) is 8.37. The molecule has 0 unspecified atom stereocenters. The molecule has 1 aliphatic carbocycles. The van der Waals surface area contributed by atoms with Gasteiger partial charge in [0, 0.05) is 0 Å². The first-order valence-electron chi connectivity index (χ1n) is 5.19. The Hall–Kier alpha value is -0.860. The van der Waals surface area contributed by atoms with Gasteiger partial charge < -0.3 is 9.47 Å². The Bertz CT molecular complexity index is 245. The first-order valence-corrected chi connectivity index (χ1v) is 5.19. The molecule has 1 aromatic rings. The van der Waals surface area contributed by atoms with Crippen LogP contribution >= 0.6 is 0 Å². The molecule has 0 aromatic heterocycles. The van der Waals surface area contributed by atoms with Gasteiger partial charge in [-0.25, -0.2) is 0 Å². The minimum atomic E-state index is 0.778. The topological polar surface area (TPSA) is 18.5 Å². The van der Waals surface area contributed by atoms with Gasteiger partial charge in [0.05, 0.1) is 26.4 Å². The number of benzene rings is 1. The Morgan fingerprint density at radius 2 is 1.14 bits per heavy atom. The summed E-state index contributed by atoms with van der Waals surface area (Å²) < 4.78 is 9.89. The fourth-order valence-corrected chi connectivity index (χ4v) is 1.58. The van der Waals surface area contributed by atoms with Crippen LogP contribution in [-0.2, 0) is 22.3 Å². The summed E-state index contributed by atoms with van der Waals surface area (Å²) in [5.74, 6) is 0. The van der Waals surface area contributed by atoms with Crippen molar-refractivity contribution in [2.75, 3.05) is 26.4 Å². The second kappa shape index (κ2) is 5.13. The molecule has 0 N–H and O–H groups in total.